The number of benzene rings is 1. The number of nitrogens with one attached hydrogen (secondary N) is 1. The van der Waals surface area contributed by atoms with Gasteiger partial charge in [0, 0.05) is 5.02 Å². The van der Waals surface area contributed by atoms with E-state index in [1.807, 2.05) is 5.43 Å². The first-order valence-corrected chi connectivity index (χ1v) is 3.94. The van der Waals surface area contributed by atoms with Crippen molar-refractivity contribution in [3.8, 4) is 0 Å². The van der Waals surface area contributed by atoms with Gasteiger partial charge in [-0.15, -0.1) is 0 Å². The monoisotopic (exact) mass is 202 g/mol. The van der Waals surface area contributed by atoms with Crippen LogP contribution in [0, 0.1) is 5.82 Å². The molecule has 0 radical (unpaired) electrons. The maximum atomic E-state index is 13.0. The first-order valence-electron chi connectivity index (χ1n) is 3.57. The molecule has 0 heterocycles. The highest BCUT2D eigenvalue weighted by Gasteiger charge is 2.06. The summed E-state index contributed by atoms with van der Waals surface area (Å²) in [5, 5.41) is 0.300. The number of hydrazine groups is 1. The SMILES string of the molecule is NNC(=O)Cc1ccc(Cl)cc1F. The summed E-state index contributed by atoms with van der Waals surface area (Å²) in [6.07, 6.45) is -0.0838. The van der Waals surface area contributed by atoms with Gasteiger partial charge in [-0.25, -0.2) is 10.2 Å². The zero-order valence-electron chi connectivity index (χ0n) is 6.68. The summed E-state index contributed by atoms with van der Waals surface area (Å²) in [5.74, 6) is 3.90. The molecule has 0 saturated heterocycles. The van der Waals surface area contributed by atoms with Crippen LogP contribution in [0.5, 0.6) is 0 Å². The summed E-state index contributed by atoms with van der Waals surface area (Å²) in [6.45, 7) is 0. The molecule has 3 nitrogen and oxygen atoms in total. The number of hydrogen-bond acceptors (Lipinski definition) is 2. The number of hydrogen-bond donors (Lipinski definition) is 2. The van der Waals surface area contributed by atoms with Gasteiger partial charge in [-0.05, 0) is 17.7 Å². The molecule has 3 N–H and O–H groups in total. The summed E-state index contributed by atoms with van der Waals surface area (Å²) in [7, 11) is 0. The average Bonchev–Trinajstić information content (AvgIpc) is 2.09. The van der Waals surface area contributed by atoms with Crippen LogP contribution in [0.1, 0.15) is 5.56 Å². The number of carbonyl (C=O) groups excluding carboxylic acids is 1. The van der Waals surface area contributed by atoms with Crippen LogP contribution in [0.3, 0.4) is 0 Å². The van der Waals surface area contributed by atoms with Gasteiger partial charge in [0.25, 0.3) is 0 Å². The Labute approximate surface area is 79.7 Å². The molecular formula is C8H8ClFN2O. The number of carbonyl (C=O) groups is 1. The zero-order valence-corrected chi connectivity index (χ0v) is 7.44. The lowest BCUT2D eigenvalue weighted by molar-refractivity contribution is -0.120. The van der Waals surface area contributed by atoms with Gasteiger partial charge in [-0.3, -0.25) is 10.2 Å². The fraction of sp³-hybridized carbons (Fsp3) is 0.125. The number of rotatable bonds is 2. The highest BCUT2D eigenvalue weighted by Crippen LogP contribution is 2.14. The van der Waals surface area contributed by atoms with Crippen LogP contribution in [-0.4, -0.2) is 5.91 Å². The minimum absolute atomic E-state index is 0.0838. The van der Waals surface area contributed by atoms with Crippen LogP contribution in [-0.2, 0) is 11.2 Å². The molecule has 0 spiro atoms. The topological polar surface area (TPSA) is 55.1 Å². The smallest absolute Gasteiger partial charge is 0.238 e. The second kappa shape index (κ2) is 4.20. The second-order valence-electron chi connectivity index (χ2n) is 2.48. The third kappa shape index (κ3) is 2.68. The molecule has 0 aliphatic heterocycles. The van der Waals surface area contributed by atoms with E-state index in [1.54, 1.807) is 0 Å². The highest BCUT2D eigenvalue weighted by atomic mass is 35.5. The van der Waals surface area contributed by atoms with Crippen molar-refractivity contribution in [2.75, 3.05) is 0 Å². The van der Waals surface area contributed by atoms with Crippen molar-refractivity contribution in [1.29, 1.82) is 0 Å². The van der Waals surface area contributed by atoms with Gasteiger partial charge >= 0.3 is 0 Å². The Hall–Kier alpha value is -1.13. The van der Waals surface area contributed by atoms with Crippen LogP contribution < -0.4 is 11.3 Å². The van der Waals surface area contributed by atoms with E-state index in [0.717, 1.165) is 6.07 Å². The van der Waals surface area contributed by atoms with Gasteiger partial charge in [0.05, 0.1) is 6.42 Å². The molecule has 13 heavy (non-hydrogen) atoms. The number of amides is 1. The quantitative estimate of drug-likeness (QED) is 0.427. The molecule has 5 heteroatoms. The van der Waals surface area contributed by atoms with E-state index in [-0.39, 0.29) is 12.0 Å². The van der Waals surface area contributed by atoms with Crippen molar-refractivity contribution in [2.24, 2.45) is 5.84 Å². The van der Waals surface area contributed by atoms with Crippen molar-refractivity contribution in [1.82, 2.24) is 5.43 Å². The van der Waals surface area contributed by atoms with E-state index in [1.165, 1.54) is 12.1 Å². The Bertz CT molecular complexity index is 330. The first-order chi connectivity index (χ1) is 6.13. The summed E-state index contributed by atoms with van der Waals surface area (Å²) in [4.78, 5) is 10.8. The summed E-state index contributed by atoms with van der Waals surface area (Å²) in [6, 6.07) is 4.12. The minimum Gasteiger partial charge on any atom is -0.294 e. The van der Waals surface area contributed by atoms with E-state index in [4.69, 9.17) is 17.4 Å². The lowest BCUT2D eigenvalue weighted by Gasteiger charge is -2.01. The van der Waals surface area contributed by atoms with Crippen molar-refractivity contribution in [3.05, 3.63) is 34.6 Å². The maximum absolute atomic E-state index is 13.0. The molecule has 0 bridgehead atoms. The molecule has 70 valence electrons. The molecular weight excluding hydrogens is 195 g/mol. The van der Waals surface area contributed by atoms with Crippen molar-refractivity contribution >= 4 is 17.5 Å². The Balaban J connectivity index is 2.83. The summed E-state index contributed by atoms with van der Waals surface area (Å²) >= 11 is 5.52. The molecule has 1 amide bonds. The van der Waals surface area contributed by atoms with Crippen molar-refractivity contribution < 1.29 is 9.18 Å². The second-order valence-corrected chi connectivity index (χ2v) is 2.92. The van der Waals surface area contributed by atoms with E-state index >= 15 is 0 Å². The van der Waals surface area contributed by atoms with Crippen LogP contribution in [0.15, 0.2) is 18.2 Å². The van der Waals surface area contributed by atoms with Gasteiger partial charge in [0.1, 0.15) is 5.82 Å². The first kappa shape index (κ1) is 9.95. The summed E-state index contributed by atoms with van der Waals surface area (Å²) < 4.78 is 13.0. The van der Waals surface area contributed by atoms with Crippen LogP contribution in [0.2, 0.25) is 5.02 Å². The number of halogens is 2. The molecule has 0 saturated carbocycles. The fourth-order valence-corrected chi connectivity index (χ4v) is 1.05. The third-order valence-corrected chi connectivity index (χ3v) is 1.76. The van der Waals surface area contributed by atoms with Crippen LogP contribution >= 0.6 is 11.6 Å². The molecule has 1 aromatic rings. The third-order valence-electron chi connectivity index (χ3n) is 1.53. The lowest BCUT2D eigenvalue weighted by Crippen LogP contribution is -2.31. The van der Waals surface area contributed by atoms with Gasteiger partial charge in [0.2, 0.25) is 5.91 Å². The predicted molar refractivity (Wildman–Crippen MR) is 47.4 cm³/mol. The average molecular weight is 203 g/mol. The predicted octanol–water partition coefficient (Wildman–Crippen LogP) is 1.01. The van der Waals surface area contributed by atoms with Crippen LogP contribution in [0.4, 0.5) is 4.39 Å². The van der Waals surface area contributed by atoms with Crippen molar-refractivity contribution in [2.45, 2.75) is 6.42 Å². The van der Waals surface area contributed by atoms with Gasteiger partial charge in [-0.1, -0.05) is 17.7 Å². The van der Waals surface area contributed by atoms with Gasteiger partial charge in [-0.2, -0.15) is 0 Å². The van der Waals surface area contributed by atoms with E-state index in [0.29, 0.717) is 5.02 Å². The Kier molecular flexibility index (Phi) is 3.22. The van der Waals surface area contributed by atoms with Gasteiger partial charge in [0.15, 0.2) is 0 Å². The lowest BCUT2D eigenvalue weighted by atomic mass is 10.1. The van der Waals surface area contributed by atoms with E-state index in [9.17, 15) is 9.18 Å². The molecule has 0 aliphatic rings. The Morgan fingerprint density at radius 1 is 1.62 bits per heavy atom. The molecule has 0 aliphatic carbocycles. The molecule has 0 aromatic heterocycles. The van der Waals surface area contributed by atoms with Crippen LogP contribution in [0.25, 0.3) is 0 Å². The summed E-state index contributed by atoms with van der Waals surface area (Å²) in [5.41, 5.74) is 2.19. The minimum atomic E-state index is -0.504. The zero-order chi connectivity index (χ0) is 9.84. The molecule has 0 atom stereocenters. The Morgan fingerprint density at radius 2 is 2.31 bits per heavy atom. The largest absolute Gasteiger partial charge is 0.294 e. The standard InChI is InChI=1S/C8H8ClFN2O/c9-6-2-1-5(7(10)4-6)3-8(13)12-11/h1-2,4H,3,11H2,(H,12,13). The molecule has 1 rings (SSSR count). The highest BCUT2D eigenvalue weighted by molar-refractivity contribution is 6.30. The molecule has 0 fully saturated rings. The van der Waals surface area contributed by atoms with Gasteiger partial charge < -0.3 is 0 Å². The fourth-order valence-electron chi connectivity index (χ4n) is 0.889. The molecule has 0 unspecified atom stereocenters. The van der Waals surface area contributed by atoms with Crippen molar-refractivity contribution in [3.63, 3.8) is 0 Å². The van der Waals surface area contributed by atoms with E-state index in [2.05, 4.69) is 0 Å². The Morgan fingerprint density at radius 3 is 2.85 bits per heavy atom. The normalized spacial score (nSPS) is 9.77. The molecule has 1 aromatic carbocycles. The maximum Gasteiger partial charge on any atom is 0.238 e. The number of nitrogens with two attached hydrogens (primary N) is 1. The van der Waals surface area contributed by atoms with E-state index < -0.39 is 11.7 Å².